The fourth-order valence-corrected chi connectivity index (χ4v) is 2.88. The lowest BCUT2D eigenvalue weighted by Gasteiger charge is -2.11. The maximum absolute atomic E-state index is 9.43. The highest BCUT2D eigenvalue weighted by atomic mass is 32.2. The predicted molar refractivity (Wildman–Crippen MR) is 85.4 cm³/mol. The summed E-state index contributed by atoms with van der Waals surface area (Å²) in [6.07, 6.45) is 0. The number of methoxy groups -OCH3 is 2. The van der Waals surface area contributed by atoms with E-state index in [0.717, 1.165) is 16.2 Å². The Bertz CT molecular complexity index is 604. The van der Waals surface area contributed by atoms with Crippen molar-refractivity contribution >= 4 is 24.3 Å². The van der Waals surface area contributed by atoms with Gasteiger partial charge in [-0.1, -0.05) is 12.1 Å². The van der Waals surface area contributed by atoms with E-state index in [0.29, 0.717) is 17.0 Å². The molecule has 0 heterocycles. The Hall–Kier alpha value is -1.63. The second-order valence-electron chi connectivity index (χ2n) is 4.41. The summed E-state index contributed by atoms with van der Waals surface area (Å²) in [6, 6.07) is 13.0. The molecule has 0 saturated heterocycles. The van der Waals surface area contributed by atoms with Crippen molar-refractivity contribution in [3.05, 3.63) is 48.0 Å². The van der Waals surface area contributed by atoms with Crippen molar-refractivity contribution in [3.8, 4) is 11.5 Å². The Morgan fingerprint density at radius 2 is 1.71 bits per heavy atom. The van der Waals surface area contributed by atoms with Gasteiger partial charge in [0.1, 0.15) is 11.5 Å². The molecule has 0 amide bonds. The first kappa shape index (κ1) is 15.8. The van der Waals surface area contributed by atoms with Gasteiger partial charge in [-0.15, -0.1) is 11.8 Å². The molecule has 0 aliphatic carbocycles. The first-order valence-corrected chi connectivity index (χ1v) is 7.42. The van der Waals surface area contributed by atoms with Gasteiger partial charge in [-0.25, -0.2) is 0 Å². The van der Waals surface area contributed by atoms with Crippen LogP contribution in [0, 0.1) is 0 Å². The Balaban J connectivity index is 2.17. The van der Waals surface area contributed by atoms with Gasteiger partial charge in [0.25, 0.3) is 0 Å². The number of rotatable bonds is 6. The van der Waals surface area contributed by atoms with Crippen molar-refractivity contribution in [3.63, 3.8) is 0 Å². The molecule has 2 rings (SSSR count). The predicted octanol–water partition coefficient (Wildman–Crippen LogP) is 1.68. The molecular weight excluding hydrogens is 287 g/mol. The van der Waals surface area contributed by atoms with E-state index in [9.17, 15) is 10.0 Å². The van der Waals surface area contributed by atoms with E-state index in [2.05, 4.69) is 0 Å². The zero-order valence-corrected chi connectivity index (χ0v) is 12.8. The maximum atomic E-state index is 9.43. The van der Waals surface area contributed by atoms with Crippen LogP contribution >= 0.6 is 11.8 Å². The van der Waals surface area contributed by atoms with Gasteiger partial charge >= 0.3 is 7.12 Å². The van der Waals surface area contributed by atoms with Crippen LogP contribution in [0.5, 0.6) is 11.5 Å². The summed E-state index contributed by atoms with van der Waals surface area (Å²) in [7, 11) is 1.73. The van der Waals surface area contributed by atoms with Crippen molar-refractivity contribution < 1.29 is 19.5 Å². The molecule has 0 aromatic heterocycles. The van der Waals surface area contributed by atoms with Gasteiger partial charge in [-0.2, -0.15) is 0 Å². The lowest BCUT2D eigenvalue weighted by Crippen LogP contribution is -2.32. The molecule has 0 atom stereocenters. The van der Waals surface area contributed by atoms with Gasteiger partial charge < -0.3 is 19.5 Å². The van der Waals surface area contributed by atoms with E-state index >= 15 is 0 Å². The van der Waals surface area contributed by atoms with Crippen molar-refractivity contribution in [1.29, 1.82) is 0 Å². The average molecular weight is 304 g/mol. The molecule has 4 nitrogen and oxygen atoms in total. The normalized spacial score (nSPS) is 10.3. The Kier molecular flexibility index (Phi) is 5.55. The number of benzene rings is 2. The van der Waals surface area contributed by atoms with Gasteiger partial charge in [0.15, 0.2) is 0 Å². The zero-order valence-electron chi connectivity index (χ0n) is 11.9. The highest BCUT2D eigenvalue weighted by molar-refractivity contribution is 7.98. The summed E-state index contributed by atoms with van der Waals surface area (Å²) >= 11 is 1.60. The Morgan fingerprint density at radius 3 is 2.38 bits per heavy atom. The fraction of sp³-hybridized carbons (Fsp3) is 0.200. The largest absolute Gasteiger partial charge is 0.497 e. The first-order chi connectivity index (χ1) is 10.1. The van der Waals surface area contributed by atoms with E-state index in [4.69, 9.17) is 9.47 Å². The van der Waals surface area contributed by atoms with Crippen LogP contribution < -0.4 is 14.9 Å². The van der Waals surface area contributed by atoms with Gasteiger partial charge in [-0.05, 0) is 41.4 Å². The molecular formula is C15H17BO4S. The molecule has 21 heavy (non-hydrogen) atoms. The van der Waals surface area contributed by atoms with Crippen molar-refractivity contribution in [2.75, 3.05) is 14.2 Å². The molecule has 0 aliphatic heterocycles. The smallest absolute Gasteiger partial charge is 0.488 e. The van der Waals surface area contributed by atoms with Crippen LogP contribution in [-0.4, -0.2) is 31.4 Å². The minimum atomic E-state index is -1.49. The first-order valence-electron chi connectivity index (χ1n) is 6.44. The monoisotopic (exact) mass is 304 g/mol. The summed E-state index contributed by atoms with van der Waals surface area (Å²) in [4.78, 5) is 1.05. The summed E-state index contributed by atoms with van der Waals surface area (Å²) in [6.45, 7) is 0. The van der Waals surface area contributed by atoms with E-state index in [-0.39, 0.29) is 0 Å². The van der Waals surface area contributed by atoms with Gasteiger partial charge in [0.05, 0.1) is 14.2 Å². The molecule has 0 saturated carbocycles. The molecule has 0 aliphatic rings. The second-order valence-corrected chi connectivity index (χ2v) is 5.45. The molecule has 0 unspecified atom stereocenters. The molecule has 0 radical (unpaired) electrons. The average Bonchev–Trinajstić information content (AvgIpc) is 2.52. The summed E-state index contributed by atoms with van der Waals surface area (Å²) in [5.41, 5.74) is 1.32. The molecule has 0 bridgehead atoms. The zero-order chi connectivity index (χ0) is 15.2. The summed E-state index contributed by atoms with van der Waals surface area (Å²) in [5, 5.41) is 18.9. The Morgan fingerprint density at radius 1 is 1.00 bits per heavy atom. The highest BCUT2D eigenvalue weighted by Gasteiger charge is 2.16. The van der Waals surface area contributed by atoms with Crippen LogP contribution in [0.2, 0.25) is 0 Å². The molecule has 6 heteroatoms. The van der Waals surface area contributed by atoms with Crippen LogP contribution in [0.25, 0.3) is 0 Å². The highest BCUT2D eigenvalue weighted by Crippen LogP contribution is 2.26. The van der Waals surface area contributed by atoms with Crippen molar-refractivity contribution in [2.24, 2.45) is 0 Å². The molecule has 110 valence electrons. The molecule has 2 N–H and O–H groups in total. The second kappa shape index (κ2) is 7.40. The molecule has 0 fully saturated rings. The Labute approximate surface area is 128 Å². The molecule has 2 aromatic rings. The van der Waals surface area contributed by atoms with Crippen LogP contribution in [0.3, 0.4) is 0 Å². The topological polar surface area (TPSA) is 58.9 Å². The van der Waals surface area contributed by atoms with Crippen molar-refractivity contribution in [1.82, 2.24) is 0 Å². The quantitative estimate of drug-likeness (QED) is 0.628. The lowest BCUT2D eigenvalue weighted by atomic mass is 9.77. The molecule has 2 aromatic carbocycles. The van der Waals surface area contributed by atoms with E-state index < -0.39 is 7.12 Å². The third kappa shape index (κ3) is 4.17. The van der Waals surface area contributed by atoms with Crippen molar-refractivity contribution in [2.45, 2.75) is 10.6 Å². The van der Waals surface area contributed by atoms with Crippen LogP contribution in [0.1, 0.15) is 5.56 Å². The van der Waals surface area contributed by atoms with E-state index in [1.807, 2.05) is 30.3 Å². The van der Waals surface area contributed by atoms with Gasteiger partial charge in [0.2, 0.25) is 0 Å². The van der Waals surface area contributed by atoms with E-state index in [1.54, 1.807) is 38.1 Å². The summed E-state index contributed by atoms with van der Waals surface area (Å²) < 4.78 is 10.4. The summed E-state index contributed by atoms with van der Waals surface area (Å²) in [5.74, 6) is 2.10. The lowest BCUT2D eigenvalue weighted by molar-refractivity contribution is 0.413. The third-order valence-electron chi connectivity index (χ3n) is 3.06. The van der Waals surface area contributed by atoms with Crippen LogP contribution in [0.15, 0.2) is 47.4 Å². The number of ether oxygens (including phenoxy) is 2. The number of hydrogen-bond acceptors (Lipinski definition) is 5. The fourth-order valence-electron chi connectivity index (χ4n) is 1.94. The van der Waals surface area contributed by atoms with Crippen LogP contribution in [0.4, 0.5) is 0 Å². The molecule has 0 spiro atoms. The third-order valence-corrected chi connectivity index (χ3v) is 4.11. The number of hydrogen-bond donors (Lipinski definition) is 2. The number of thioether (sulfide) groups is 1. The maximum Gasteiger partial charge on any atom is 0.488 e. The van der Waals surface area contributed by atoms with Gasteiger partial charge in [0, 0.05) is 10.6 Å². The minimum absolute atomic E-state index is 0.492. The van der Waals surface area contributed by atoms with Gasteiger partial charge in [-0.3, -0.25) is 0 Å². The minimum Gasteiger partial charge on any atom is -0.497 e. The standard InChI is InChI=1S/C15H17BO4S/c1-19-12-4-3-5-14(9-12)21-10-11-8-13(20-2)6-7-15(11)16(17)18/h3-9,17-18H,10H2,1-2H3. The van der Waals surface area contributed by atoms with E-state index in [1.165, 1.54) is 0 Å². The van der Waals surface area contributed by atoms with Crippen LogP contribution in [-0.2, 0) is 5.75 Å². The SMILES string of the molecule is COc1cccc(SCc2cc(OC)ccc2B(O)O)c1.